The molecule has 0 bridgehead atoms. The highest BCUT2D eigenvalue weighted by Crippen LogP contribution is 2.55. The molecule has 0 spiro atoms. The van der Waals surface area contributed by atoms with Crippen LogP contribution < -0.4 is 5.32 Å². The average molecular weight is 410 g/mol. The average Bonchev–Trinajstić information content (AvgIpc) is 2.64. The van der Waals surface area contributed by atoms with Crippen LogP contribution in [0.1, 0.15) is 59.7 Å². The lowest BCUT2D eigenvalue weighted by atomic mass is 9.64. The number of rotatable bonds is 1. The molecule has 0 fully saturated rings. The molecule has 5 heteroatoms. The summed E-state index contributed by atoms with van der Waals surface area (Å²) in [4.78, 5) is 4.53. The zero-order chi connectivity index (χ0) is 21.7. The van der Waals surface area contributed by atoms with E-state index in [1.807, 2.05) is 24.4 Å². The van der Waals surface area contributed by atoms with Crippen LogP contribution in [0.3, 0.4) is 0 Å². The van der Waals surface area contributed by atoms with Crippen molar-refractivity contribution in [3.05, 3.63) is 62.2 Å². The van der Waals surface area contributed by atoms with E-state index in [1.165, 1.54) is 27.8 Å². The van der Waals surface area contributed by atoms with E-state index >= 15 is 0 Å². The van der Waals surface area contributed by atoms with Crippen LogP contribution in [-0.4, -0.2) is 6.02 Å². The number of nitrogens with zero attached hydrogens (tertiary/aromatic N) is 2. The Labute approximate surface area is 178 Å². The number of aliphatic imine (C=N–C) groups is 1. The van der Waals surface area contributed by atoms with Crippen molar-refractivity contribution in [1.82, 2.24) is 5.32 Å². The van der Waals surface area contributed by atoms with Gasteiger partial charge in [0.1, 0.15) is 0 Å². The van der Waals surface area contributed by atoms with Crippen LogP contribution in [0.25, 0.3) is 0 Å². The molecule has 0 amide bonds. The summed E-state index contributed by atoms with van der Waals surface area (Å²) in [6.45, 7) is 17.2. The topological polar surface area (TPSA) is 57.4 Å². The number of halogens is 1. The third kappa shape index (κ3) is 3.09. The summed E-state index contributed by atoms with van der Waals surface area (Å²) in [6.07, 6.45) is 1.95. The van der Waals surface area contributed by atoms with Crippen LogP contribution in [0.5, 0.6) is 0 Å². The van der Waals surface area contributed by atoms with Crippen molar-refractivity contribution in [1.29, 1.82) is 5.26 Å². The summed E-state index contributed by atoms with van der Waals surface area (Å²) in [7, 11) is 0. The summed E-state index contributed by atoms with van der Waals surface area (Å²) in [5.74, 6) is 0. The molecule has 3 rings (SSSR count). The van der Waals surface area contributed by atoms with Crippen molar-refractivity contribution in [2.75, 3.05) is 0 Å². The maximum atomic E-state index is 9.24. The summed E-state index contributed by atoms with van der Waals surface area (Å²) in [6, 6.07) is 5.85. The molecule has 1 N–H and O–H groups in total. The van der Waals surface area contributed by atoms with Gasteiger partial charge in [-0.05, 0) is 80.6 Å². The van der Waals surface area contributed by atoms with Crippen LogP contribution in [-0.2, 0) is 10.3 Å². The first-order chi connectivity index (χ1) is 13.5. The first-order valence-electron chi connectivity index (χ1n) is 9.76. The van der Waals surface area contributed by atoms with E-state index in [1.54, 1.807) is 0 Å². The number of nitrogens with one attached hydrogen (secondary N) is 1. The summed E-state index contributed by atoms with van der Waals surface area (Å²) >= 11 is 6.43. The Hall–Kier alpha value is -2.51. The highest BCUT2D eigenvalue weighted by molar-refractivity contribution is 6.30. The van der Waals surface area contributed by atoms with Crippen molar-refractivity contribution in [3.8, 4) is 6.19 Å². The smallest absolute Gasteiger partial charge is 0.304 e. The number of hydrogen-bond acceptors (Lipinski definition) is 4. The summed E-state index contributed by atoms with van der Waals surface area (Å²) in [5, 5.41) is 12.5. The fourth-order valence-electron chi connectivity index (χ4n) is 4.47. The molecule has 0 radical (unpaired) electrons. The Kier molecular flexibility index (Phi) is 5.17. The standard InChI is InChI=1S/C24H28ClN3O/c1-13-14(2)16(4)21(17(5)15(13)3)24(23(6,7)8)19-11-18(25)9-10-20(19)28-22(29-24)27-12-26/h9-11H,1-8H3,(H,27,28). The Morgan fingerprint density at radius 3 is 2.07 bits per heavy atom. The van der Waals surface area contributed by atoms with Gasteiger partial charge in [0, 0.05) is 21.6 Å². The lowest BCUT2D eigenvalue weighted by molar-refractivity contribution is -0.0191. The maximum Gasteiger partial charge on any atom is 0.304 e. The number of ether oxygens (including phenoxy) is 1. The zero-order valence-electron chi connectivity index (χ0n) is 18.4. The minimum absolute atomic E-state index is 0.201. The molecule has 1 atom stereocenters. The molecule has 0 saturated carbocycles. The predicted octanol–water partition coefficient (Wildman–Crippen LogP) is 6.26. The first-order valence-corrected chi connectivity index (χ1v) is 10.1. The summed E-state index contributed by atoms with van der Waals surface area (Å²) in [5.41, 5.74) is 7.69. The molecule has 1 unspecified atom stereocenters. The Bertz CT molecular complexity index is 1040. The molecule has 1 heterocycles. The van der Waals surface area contributed by atoms with Gasteiger partial charge in [0.15, 0.2) is 11.8 Å². The van der Waals surface area contributed by atoms with Gasteiger partial charge in [0.2, 0.25) is 0 Å². The molecule has 1 aliphatic rings. The highest BCUT2D eigenvalue weighted by Gasteiger charge is 2.53. The number of benzene rings is 2. The number of fused-ring (bicyclic) bond motifs is 1. The second-order valence-electron chi connectivity index (χ2n) is 8.85. The van der Waals surface area contributed by atoms with Crippen LogP contribution in [0.4, 0.5) is 5.69 Å². The van der Waals surface area contributed by atoms with Crippen molar-refractivity contribution in [2.24, 2.45) is 10.4 Å². The largest absolute Gasteiger partial charge is 0.447 e. The van der Waals surface area contributed by atoms with Crippen LogP contribution in [0, 0.1) is 51.5 Å². The quantitative estimate of drug-likeness (QED) is 0.446. The number of amidine groups is 1. The molecular weight excluding hydrogens is 382 g/mol. The lowest BCUT2D eigenvalue weighted by Gasteiger charge is -2.49. The monoisotopic (exact) mass is 409 g/mol. The van der Waals surface area contributed by atoms with E-state index in [-0.39, 0.29) is 11.4 Å². The zero-order valence-corrected chi connectivity index (χ0v) is 19.2. The third-order valence-corrected chi connectivity index (χ3v) is 6.62. The number of hydrogen-bond donors (Lipinski definition) is 1. The minimum Gasteiger partial charge on any atom is -0.447 e. The second-order valence-corrected chi connectivity index (χ2v) is 9.28. The van der Waals surface area contributed by atoms with Gasteiger partial charge in [-0.2, -0.15) is 10.3 Å². The Balaban J connectivity index is 2.53. The van der Waals surface area contributed by atoms with Gasteiger partial charge in [0.05, 0.1) is 5.69 Å². The van der Waals surface area contributed by atoms with Crippen molar-refractivity contribution in [3.63, 3.8) is 0 Å². The molecule has 0 saturated heterocycles. The highest BCUT2D eigenvalue weighted by atomic mass is 35.5. The molecule has 0 aromatic heterocycles. The van der Waals surface area contributed by atoms with E-state index in [4.69, 9.17) is 16.3 Å². The van der Waals surface area contributed by atoms with Gasteiger partial charge in [0.25, 0.3) is 0 Å². The summed E-state index contributed by atoms with van der Waals surface area (Å²) < 4.78 is 6.62. The van der Waals surface area contributed by atoms with Gasteiger partial charge < -0.3 is 4.74 Å². The van der Waals surface area contributed by atoms with E-state index in [2.05, 4.69) is 65.7 Å². The van der Waals surface area contributed by atoms with Gasteiger partial charge in [-0.1, -0.05) is 32.4 Å². The Morgan fingerprint density at radius 2 is 1.55 bits per heavy atom. The predicted molar refractivity (Wildman–Crippen MR) is 119 cm³/mol. The molecule has 1 aliphatic heterocycles. The fraction of sp³-hybridized carbons (Fsp3) is 0.417. The van der Waals surface area contributed by atoms with Gasteiger partial charge in [-0.25, -0.2) is 5.32 Å². The first kappa shape index (κ1) is 21.2. The van der Waals surface area contributed by atoms with Gasteiger partial charge in [-0.15, -0.1) is 0 Å². The molecule has 4 nitrogen and oxygen atoms in total. The second kappa shape index (κ2) is 7.07. The van der Waals surface area contributed by atoms with Crippen molar-refractivity contribution >= 4 is 23.3 Å². The fourth-order valence-corrected chi connectivity index (χ4v) is 4.64. The molecule has 29 heavy (non-hydrogen) atoms. The lowest BCUT2D eigenvalue weighted by Crippen LogP contribution is -2.50. The molecule has 0 aliphatic carbocycles. The number of nitriles is 1. The molecular formula is C24H28ClN3O. The molecule has 152 valence electrons. The van der Waals surface area contributed by atoms with Crippen molar-refractivity contribution < 1.29 is 4.74 Å². The maximum absolute atomic E-state index is 9.24. The van der Waals surface area contributed by atoms with E-state index in [9.17, 15) is 5.26 Å². The van der Waals surface area contributed by atoms with Crippen LogP contribution in [0.15, 0.2) is 23.2 Å². The Morgan fingerprint density at radius 1 is 1.00 bits per heavy atom. The minimum atomic E-state index is -0.869. The normalized spacial score (nSPS) is 18.4. The van der Waals surface area contributed by atoms with Gasteiger partial charge in [-0.3, -0.25) is 0 Å². The van der Waals surface area contributed by atoms with E-state index < -0.39 is 5.60 Å². The van der Waals surface area contributed by atoms with Crippen molar-refractivity contribution in [2.45, 2.75) is 61.0 Å². The van der Waals surface area contributed by atoms with Crippen LogP contribution >= 0.6 is 11.6 Å². The third-order valence-electron chi connectivity index (χ3n) is 6.38. The molecule has 2 aromatic carbocycles. The van der Waals surface area contributed by atoms with E-state index in [0.717, 1.165) is 16.8 Å². The van der Waals surface area contributed by atoms with Crippen LogP contribution in [0.2, 0.25) is 5.02 Å². The van der Waals surface area contributed by atoms with Gasteiger partial charge >= 0.3 is 6.02 Å². The van der Waals surface area contributed by atoms with E-state index in [0.29, 0.717) is 5.02 Å². The SMILES string of the molecule is Cc1c(C)c(C)c(C2(C(C)(C)C)OC(NC#N)=Nc3ccc(Cl)cc32)c(C)c1C. The molecule has 2 aromatic rings.